The Labute approximate surface area is 137 Å². The standard InChI is InChI=1S/C13H6F8N2O3/c14-5-1-2-6(10(16)9(5)15)23-8(25)3-7(24)22(11(23)26)4-12(17,18)13(19,20)21/h1-3,24H,4H2. The van der Waals surface area contributed by atoms with E-state index in [0.717, 1.165) is 0 Å². The molecule has 0 atom stereocenters. The predicted octanol–water partition coefficient (Wildman–Crippen LogP) is 2.32. The summed E-state index contributed by atoms with van der Waals surface area (Å²) in [5.41, 5.74) is -4.85. The first-order valence-electron chi connectivity index (χ1n) is 6.42. The van der Waals surface area contributed by atoms with Gasteiger partial charge in [0.2, 0.25) is 5.88 Å². The lowest BCUT2D eigenvalue weighted by Gasteiger charge is -2.21. The number of benzene rings is 1. The molecule has 0 unspecified atom stereocenters. The summed E-state index contributed by atoms with van der Waals surface area (Å²) in [7, 11) is 0. The molecule has 2 aromatic rings. The van der Waals surface area contributed by atoms with Crippen molar-refractivity contribution in [2.24, 2.45) is 0 Å². The zero-order chi connectivity index (χ0) is 20.0. The monoisotopic (exact) mass is 390 g/mol. The number of rotatable bonds is 3. The summed E-state index contributed by atoms with van der Waals surface area (Å²) in [5, 5.41) is 9.36. The second kappa shape index (κ2) is 6.14. The first-order valence-corrected chi connectivity index (χ1v) is 6.42. The average molecular weight is 390 g/mol. The largest absolute Gasteiger partial charge is 0.494 e. The fourth-order valence-electron chi connectivity index (χ4n) is 1.91. The van der Waals surface area contributed by atoms with Crippen molar-refractivity contribution in [2.75, 3.05) is 0 Å². The van der Waals surface area contributed by atoms with Crippen molar-refractivity contribution >= 4 is 0 Å². The molecule has 1 N–H and O–H groups in total. The van der Waals surface area contributed by atoms with Gasteiger partial charge in [-0.25, -0.2) is 22.5 Å². The molecule has 1 heterocycles. The van der Waals surface area contributed by atoms with Gasteiger partial charge in [-0.3, -0.25) is 9.36 Å². The third-order valence-electron chi connectivity index (χ3n) is 3.20. The molecule has 142 valence electrons. The highest BCUT2D eigenvalue weighted by Gasteiger charge is 2.58. The van der Waals surface area contributed by atoms with Gasteiger partial charge in [0, 0.05) is 0 Å². The molecular weight excluding hydrogens is 384 g/mol. The summed E-state index contributed by atoms with van der Waals surface area (Å²) in [6.07, 6.45) is -6.10. The maximum atomic E-state index is 13.8. The van der Waals surface area contributed by atoms with E-state index in [9.17, 15) is 49.8 Å². The van der Waals surface area contributed by atoms with Crippen LogP contribution in [0.1, 0.15) is 0 Å². The van der Waals surface area contributed by atoms with E-state index in [4.69, 9.17) is 0 Å². The van der Waals surface area contributed by atoms with Crippen LogP contribution in [0.15, 0.2) is 27.8 Å². The van der Waals surface area contributed by atoms with Gasteiger partial charge in [-0.1, -0.05) is 0 Å². The van der Waals surface area contributed by atoms with Crippen LogP contribution in [-0.2, 0) is 6.54 Å². The molecule has 26 heavy (non-hydrogen) atoms. The molecule has 5 nitrogen and oxygen atoms in total. The molecule has 0 radical (unpaired) electrons. The van der Waals surface area contributed by atoms with Gasteiger partial charge >= 0.3 is 17.8 Å². The van der Waals surface area contributed by atoms with Crippen LogP contribution in [0.5, 0.6) is 5.88 Å². The minimum Gasteiger partial charge on any atom is -0.494 e. The number of nitrogens with zero attached hydrogens (tertiary/aromatic N) is 2. The third-order valence-corrected chi connectivity index (χ3v) is 3.20. The van der Waals surface area contributed by atoms with Crippen LogP contribution in [0.25, 0.3) is 5.69 Å². The highest BCUT2D eigenvalue weighted by atomic mass is 19.4. The molecule has 0 aliphatic heterocycles. The van der Waals surface area contributed by atoms with Crippen LogP contribution < -0.4 is 11.2 Å². The zero-order valence-corrected chi connectivity index (χ0v) is 12.1. The number of aromatic hydroxyl groups is 1. The van der Waals surface area contributed by atoms with E-state index in [-0.39, 0.29) is 10.6 Å². The van der Waals surface area contributed by atoms with Crippen molar-refractivity contribution in [2.45, 2.75) is 18.6 Å². The van der Waals surface area contributed by atoms with E-state index in [2.05, 4.69) is 0 Å². The quantitative estimate of drug-likeness (QED) is 0.647. The van der Waals surface area contributed by atoms with Gasteiger partial charge in [0.05, 0.1) is 11.8 Å². The lowest BCUT2D eigenvalue weighted by atomic mass is 10.2. The Kier molecular flexibility index (Phi) is 4.60. The van der Waals surface area contributed by atoms with Gasteiger partial charge in [0.25, 0.3) is 5.56 Å². The van der Waals surface area contributed by atoms with Crippen molar-refractivity contribution in [1.29, 1.82) is 0 Å². The van der Waals surface area contributed by atoms with E-state index in [1.165, 1.54) is 0 Å². The SMILES string of the molecule is O=c1cc(O)n(CC(F)(F)C(F)(F)F)c(=O)n1-c1ccc(F)c(F)c1F. The first-order chi connectivity index (χ1) is 11.8. The van der Waals surface area contributed by atoms with Gasteiger partial charge in [-0.05, 0) is 12.1 Å². The van der Waals surface area contributed by atoms with E-state index in [0.29, 0.717) is 12.1 Å². The van der Waals surface area contributed by atoms with Gasteiger partial charge < -0.3 is 5.11 Å². The van der Waals surface area contributed by atoms with Crippen LogP contribution in [0.3, 0.4) is 0 Å². The predicted molar refractivity (Wildman–Crippen MR) is 68.8 cm³/mol. The second-order valence-corrected chi connectivity index (χ2v) is 4.94. The Morgan fingerprint density at radius 3 is 2.08 bits per heavy atom. The molecule has 2 rings (SSSR count). The lowest BCUT2D eigenvalue weighted by Crippen LogP contribution is -2.46. The molecule has 0 fully saturated rings. The molecule has 0 aliphatic rings. The van der Waals surface area contributed by atoms with Gasteiger partial charge in [0.15, 0.2) is 17.5 Å². The summed E-state index contributed by atoms with van der Waals surface area (Å²) in [4.78, 5) is 23.8. The molecule has 0 amide bonds. The van der Waals surface area contributed by atoms with Crippen LogP contribution in [0, 0.1) is 17.5 Å². The Balaban J connectivity index is 2.75. The van der Waals surface area contributed by atoms with Crippen molar-refractivity contribution < 1.29 is 40.2 Å². The highest BCUT2D eigenvalue weighted by molar-refractivity contribution is 5.35. The normalized spacial score (nSPS) is 12.5. The minimum atomic E-state index is -6.10. The molecule has 0 aliphatic carbocycles. The van der Waals surface area contributed by atoms with Gasteiger partial charge in [0.1, 0.15) is 6.54 Å². The number of hydrogen-bond donors (Lipinski definition) is 1. The van der Waals surface area contributed by atoms with E-state index in [1.54, 1.807) is 0 Å². The fraction of sp³-hybridized carbons (Fsp3) is 0.231. The summed E-state index contributed by atoms with van der Waals surface area (Å²) in [6, 6.07) is 0.718. The minimum absolute atomic E-state index is 0.0363. The average Bonchev–Trinajstić information content (AvgIpc) is 2.50. The number of alkyl halides is 5. The van der Waals surface area contributed by atoms with Gasteiger partial charge in [-0.15, -0.1) is 0 Å². The molecule has 1 aromatic carbocycles. The van der Waals surface area contributed by atoms with Crippen molar-refractivity contribution in [3.05, 3.63) is 56.5 Å². The molecule has 0 saturated carbocycles. The van der Waals surface area contributed by atoms with E-state index < -0.39 is 63.5 Å². The number of hydrogen-bond acceptors (Lipinski definition) is 3. The molecule has 0 spiro atoms. The lowest BCUT2D eigenvalue weighted by molar-refractivity contribution is -0.287. The van der Waals surface area contributed by atoms with Crippen LogP contribution >= 0.6 is 0 Å². The van der Waals surface area contributed by atoms with Crippen molar-refractivity contribution in [3.8, 4) is 11.6 Å². The summed E-state index contributed by atoms with van der Waals surface area (Å²) < 4.78 is 102. The summed E-state index contributed by atoms with van der Waals surface area (Å²) in [6.45, 7) is -2.44. The fourth-order valence-corrected chi connectivity index (χ4v) is 1.91. The van der Waals surface area contributed by atoms with Crippen molar-refractivity contribution in [3.63, 3.8) is 0 Å². The molecule has 13 heteroatoms. The van der Waals surface area contributed by atoms with Crippen LogP contribution in [-0.4, -0.2) is 26.3 Å². The Morgan fingerprint density at radius 2 is 1.54 bits per heavy atom. The number of halogens is 8. The Bertz CT molecular complexity index is 977. The van der Waals surface area contributed by atoms with E-state index >= 15 is 0 Å². The zero-order valence-electron chi connectivity index (χ0n) is 12.1. The second-order valence-electron chi connectivity index (χ2n) is 4.94. The van der Waals surface area contributed by atoms with E-state index in [1.807, 2.05) is 0 Å². The summed E-state index contributed by atoms with van der Waals surface area (Å²) >= 11 is 0. The summed E-state index contributed by atoms with van der Waals surface area (Å²) in [5.74, 6) is -13.0. The maximum absolute atomic E-state index is 13.8. The Morgan fingerprint density at radius 1 is 0.962 bits per heavy atom. The molecular formula is C13H6F8N2O3. The Hall–Kier alpha value is -2.86. The smallest absolute Gasteiger partial charge is 0.455 e. The molecule has 1 aromatic heterocycles. The van der Waals surface area contributed by atoms with Gasteiger partial charge in [-0.2, -0.15) is 22.0 Å². The first kappa shape index (κ1) is 19.5. The highest BCUT2D eigenvalue weighted by Crippen LogP contribution is 2.36. The van der Waals surface area contributed by atoms with Crippen LogP contribution in [0.4, 0.5) is 35.1 Å². The topological polar surface area (TPSA) is 64.2 Å². The molecule has 0 saturated heterocycles. The third kappa shape index (κ3) is 3.15. The van der Waals surface area contributed by atoms with Crippen LogP contribution in [0.2, 0.25) is 0 Å². The maximum Gasteiger partial charge on any atom is 0.455 e. The number of aromatic nitrogens is 2. The van der Waals surface area contributed by atoms with Crippen molar-refractivity contribution in [1.82, 2.24) is 9.13 Å². The molecule has 0 bridgehead atoms.